The van der Waals surface area contributed by atoms with Crippen molar-refractivity contribution < 1.29 is 4.79 Å². The molecule has 19 heavy (non-hydrogen) atoms. The van der Waals surface area contributed by atoms with E-state index in [1.165, 1.54) is 18.0 Å². The fourth-order valence-corrected chi connectivity index (χ4v) is 2.40. The zero-order valence-electron chi connectivity index (χ0n) is 10.8. The first-order valence-corrected chi connectivity index (χ1v) is 7.22. The molecule has 0 radical (unpaired) electrons. The number of hydrogen-bond donors (Lipinski definition) is 1. The summed E-state index contributed by atoms with van der Waals surface area (Å²) in [4.78, 5) is 11.7. The maximum Gasteiger partial charge on any atom is 0.183 e. The quantitative estimate of drug-likeness (QED) is 0.645. The molecule has 2 unspecified atom stereocenters. The van der Waals surface area contributed by atoms with Gasteiger partial charge >= 0.3 is 0 Å². The summed E-state index contributed by atoms with van der Waals surface area (Å²) in [5, 5.41) is 12.9. The van der Waals surface area contributed by atoms with Gasteiger partial charge in [0.15, 0.2) is 5.78 Å². The van der Waals surface area contributed by atoms with E-state index in [4.69, 9.17) is 11.6 Å². The number of benzene rings is 1. The molecule has 1 rings (SSSR count). The number of halogens is 1. The Balaban J connectivity index is 3.09. The van der Waals surface area contributed by atoms with Crippen LogP contribution in [0, 0.1) is 17.2 Å². The largest absolute Gasteiger partial charge is 0.376 e. The van der Waals surface area contributed by atoms with E-state index in [0.29, 0.717) is 10.6 Å². The van der Waals surface area contributed by atoms with E-state index in [1.54, 1.807) is 31.2 Å². The summed E-state index contributed by atoms with van der Waals surface area (Å²) in [5.74, 6) is -1.05. The standard InChI is InChI=1S/C14H15ClN2OS/c1-4-17-14(2,19-3)12(9-16)13(18)10-5-7-11(15)8-6-10/h4-8,12,17H,1H2,2-3H3. The molecule has 1 aromatic rings. The summed E-state index contributed by atoms with van der Waals surface area (Å²) in [6.07, 6.45) is 3.34. The molecule has 0 heterocycles. The fraction of sp³-hybridized carbons (Fsp3) is 0.286. The molecule has 0 amide bonds. The van der Waals surface area contributed by atoms with Crippen molar-refractivity contribution >= 4 is 29.1 Å². The topological polar surface area (TPSA) is 52.9 Å². The zero-order chi connectivity index (χ0) is 14.5. The molecule has 0 fully saturated rings. The summed E-state index contributed by atoms with van der Waals surface area (Å²) in [6.45, 7) is 5.40. The Kier molecular flexibility index (Phi) is 5.46. The molecule has 0 saturated heterocycles. The van der Waals surface area contributed by atoms with E-state index < -0.39 is 10.8 Å². The van der Waals surface area contributed by atoms with Crippen LogP contribution in [0.1, 0.15) is 17.3 Å². The van der Waals surface area contributed by atoms with Crippen molar-refractivity contribution in [2.45, 2.75) is 11.8 Å². The van der Waals surface area contributed by atoms with Gasteiger partial charge in [0.05, 0.1) is 6.07 Å². The maximum atomic E-state index is 12.4. The Morgan fingerprint density at radius 1 is 1.58 bits per heavy atom. The molecule has 1 N–H and O–H groups in total. The number of carbonyl (C=O) groups is 1. The first kappa shape index (κ1) is 15.6. The Hall–Kier alpha value is -1.44. The lowest BCUT2D eigenvalue weighted by molar-refractivity contribution is 0.0925. The van der Waals surface area contributed by atoms with Crippen molar-refractivity contribution in [2.75, 3.05) is 6.26 Å². The minimum Gasteiger partial charge on any atom is -0.376 e. The molecule has 0 saturated carbocycles. The molecule has 0 bridgehead atoms. The van der Waals surface area contributed by atoms with Crippen LogP contribution in [0.5, 0.6) is 0 Å². The van der Waals surface area contributed by atoms with Gasteiger partial charge in [-0.05, 0) is 43.6 Å². The molecule has 2 atom stereocenters. The number of carbonyl (C=O) groups excluding carboxylic acids is 1. The monoisotopic (exact) mass is 294 g/mol. The van der Waals surface area contributed by atoms with Crippen LogP contribution >= 0.6 is 23.4 Å². The predicted octanol–water partition coefficient (Wildman–Crippen LogP) is 3.47. The van der Waals surface area contributed by atoms with Gasteiger partial charge in [-0.1, -0.05) is 18.2 Å². The van der Waals surface area contributed by atoms with E-state index in [-0.39, 0.29) is 5.78 Å². The van der Waals surface area contributed by atoms with Crippen molar-refractivity contribution in [1.82, 2.24) is 5.32 Å². The van der Waals surface area contributed by atoms with Gasteiger partial charge in [0.2, 0.25) is 0 Å². The van der Waals surface area contributed by atoms with Crippen LogP contribution in [0.4, 0.5) is 0 Å². The number of thioether (sulfide) groups is 1. The Morgan fingerprint density at radius 3 is 2.58 bits per heavy atom. The Bertz CT molecular complexity index is 509. The second-order valence-electron chi connectivity index (χ2n) is 4.09. The lowest BCUT2D eigenvalue weighted by Gasteiger charge is -2.31. The van der Waals surface area contributed by atoms with Gasteiger partial charge in [-0.25, -0.2) is 0 Å². The van der Waals surface area contributed by atoms with Crippen LogP contribution < -0.4 is 5.32 Å². The third-order valence-corrected chi connectivity index (χ3v) is 4.34. The highest BCUT2D eigenvalue weighted by Crippen LogP contribution is 2.31. The van der Waals surface area contributed by atoms with Gasteiger partial charge in [-0.2, -0.15) is 5.26 Å². The van der Waals surface area contributed by atoms with E-state index in [9.17, 15) is 10.1 Å². The van der Waals surface area contributed by atoms with Gasteiger partial charge < -0.3 is 5.32 Å². The second kappa shape index (κ2) is 6.65. The third-order valence-electron chi connectivity index (χ3n) is 2.88. The first-order chi connectivity index (χ1) is 8.98. The highest BCUT2D eigenvalue weighted by molar-refractivity contribution is 8.00. The van der Waals surface area contributed by atoms with Crippen molar-refractivity contribution in [1.29, 1.82) is 5.26 Å². The molecular formula is C14H15ClN2OS. The number of rotatable bonds is 6. The highest BCUT2D eigenvalue weighted by atomic mass is 35.5. The molecule has 1 aromatic carbocycles. The lowest BCUT2D eigenvalue weighted by Crippen LogP contribution is -2.45. The minimum atomic E-state index is -0.818. The smallest absolute Gasteiger partial charge is 0.183 e. The van der Waals surface area contributed by atoms with E-state index in [0.717, 1.165) is 0 Å². The molecule has 3 nitrogen and oxygen atoms in total. The second-order valence-corrected chi connectivity index (χ2v) is 5.79. The number of nitrogens with zero attached hydrogens (tertiary/aromatic N) is 1. The highest BCUT2D eigenvalue weighted by Gasteiger charge is 2.38. The van der Waals surface area contributed by atoms with Gasteiger partial charge in [-0.3, -0.25) is 4.79 Å². The van der Waals surface area contributed by atoms with Crippen LogP contribution in [0.3, 0.4) is 0 Å². The third kappa shape index (κ3) is 3.52. The Labute approximate surface area is 122 Å². The SMILES string of the molecule is C=CNC(C)(SC)C(C#N)C(=O)c1ccc(Cl)cc1. The van der Waals surface area contributed by atoms with Crippen LogP contribution in [-0.4, -0.2) is 16.9 Å². The van der Waals surface area contributed by atoms with E-state index in [2.05, 4.69) is 18.0 Å². The lowest BCUT2D eigenvalue weighted by atomic mass is 9.92. The molecular weight excluding hydrogens is 280 g/mol. The van der Waals surface area contributed by atoms with E-state index in [1.807, 2.05) is 6.26 Å². The predicted molar refractivity (Wildman–Crippen MR) is 80.1 cm³/mol. The summed E-state index contributed by atoms with van der Waals surface area (Å²) in [5.41, 5.74) is 0.474. The van der Waals surface area contributed by atoms with Gasteiger partial charge in [0.25, 0.3) is 0 Å². The molecule has 0 aliphatic rings. The number of ketones is 1. The van der Waals surface area contributed by atoms with Crippen LogP contribution in [0.15, 0.2) is 37.0 Å². The maximum absolute atomic E-state index is 12.4. The molecule has 0 aromatic heterocycles. The van der Waals surface area contributed by atoms with Crippen molar-refractivity contribution in [3.05, 3.63) is 47.6 Å². The number of nitriles is 1. The van der Waals surface area contributed by atoms with Crippen molar-refractivity contribution in [3.63, 3.8) is 0 Å². The average Bonchev–Trinajstić information content (AvgIpc) is 2.40. The Morgan fingerprint density at radius 2 is 2.16 bits per heavy atom. The van der Waals surface area contributed by atoms with Gasteiger partial charge in [-0.15, -0.1) is 11.8 Å². The van der Waals surface area contributed by atoms with Crippen molar-refractivity contribution in [3.8, 4) is 6.07 Å². The van der Waals surface area contributed by atoms with Crippen LogP contribution in [-0.2, 0) is 0 Å². The normalized spacial score (nSPS) is 14.8. The fourth-order valence-electron chi connectivity index (χ4n) is 1.68. The molecule has 0 aliphatic heterocycles. The van der Waals surface area contributed by atoms with Gasteiger partial charge in [0, 0.05) is 10.6 Å². The average molecular weight is 295 g/mol. The molecule has 100 valence electrons. The van der Waals surface area contributed by atoms with Crippen molar-refractivity contribution in [2.24, 2.45) is 5.92 Å². The summed E-state index contributed by atoms with van der Waals surface area (Å²) < 4.78 is 0. The number of Topliss-reactive ketones (excluding diaryl/α,β-unsaturated/α-hetero) is 1. The number of hydrogen-bond acceptors (Lipinski definition) is 4. The van der Waals surface area contributed by atoms with E-state index >= 15 is 0 Å². The minimum absolute atomic E-state index is 0.231. The molecule has 0 aliphatic carbocycles. The number of nitrogens with one attached hydrogen (secondary N) is 1. The summed E-state index contributed by atoms with van der Waals surface area (Å²) >= 11 is 7.19. The first-order valence-electron chi connectivity index (χ1n) is 5.61. The molecule has 5 heteroatoms. The molecule has 0 spiro atoms. The summed E-state index contributed by atoms with van der Waals surface area (Å²) in [7, 11) is 0. The summed E-state index contributed by atoms with van der Waals surface area (Å²) in [6, 6.07) is 8.61. The van der Waals surface area contributed by atoms with Crippen LogP contribution in [0.2, 0.25) is 5.02 Å². The van der Waals surface area contributed by atoms with Gasteiger partial charge in [0.1, 0.15) is 10.8 Å². The van der Waals surface area contributed by atoms with Crippen LogP contribution in [0.25, 0.3) is 0 Å². The zero-order valence-corrected chi connectivity index (χ0v) is 12.4.